The van der Waals surface area contributed by atoms with Crippen LogP contribution in [0, 0.1) is 0 Å². The number of unbranched alkanes of at least 4 members (excludes halogenated alkanes) is 45. The van der Waals surface area contributed by atoms with Crippen molar-refractivity contribution in [2.45, 2.75) is 360 Å². The molecule has 2 unspecified atom stereocenters. The van der Waals surface area contributed by atoms with Crippen LogP contribution in [-0.2, 0) is 32.7 Å². The smallest absolute Gasteiger partial charge is 0.306 e. The molecule has 0 saturated heterocycles. The van der Waals surface area contributed by atoms with E-state index in [2.05, 4.69) is 62.5 Å². The SMILES string of the molecule is CC/C=C\C/C=C\C/C=C\C/C=C\CCCCCCCCC(=O)OC(COC(=O)CCCCCCCCCCCCCCCCCCCCCCCCCCCCCCCCCCCCCCCCCC)COP(=O)([O-])OCC[N+](C)(C)C. The molecular weight excluding hydrogens is 1050 g/mol. The predicted octanol–water partition coefficient (Wildman–Crippen LogP) is 22.6. The Morgan fingerprint density at radius 2 is 0.687 bits per heavy atom. The van der Waals surface area contributed by atoms with Crippen LogP contribution in [0.5, 0.6) is 0 Å². The maximum absolute atomic E-state index is 12.8. The van der Waals surface area contributed by atoms with Gasteiger partial charge in [0.05, 0.1) is 27.7 Å². The fourth-order valence-electron chi connectivity index (χ4n) is 10.7. The van der Waals surface area contributed by atoms with E-state index in [4.69, 9.17) is 18.5 Å². The third-order valence-corrected chi connectivity index (χ3v) is 17.1. The minimum Gasteiger partial charge on any atom is -0.756 e. The summed E-state index contributed by atoms with van der Waals surface area (Å²) in [6, 6.07) is 0. The third-order valence-electron chi connectivity index (χ3n) is 16.1. The quantitative estimate of drug-likeness (QED) is 0.0195. The number of esters is 2. The van der Waals surface area contributed by atoms with Crippen molar-refractivity contribution in [1.82, 2.24) is 0 Å². The molecular formula is C73H138NO8P. The van der Waals surface area contributed by atoms with E-state index in [0.29, 0.717) is 17.4 Å². The molecule has 0 heterocycles. The molecule has 0 amide bonds. The molecule has 0 spiro atoms. The summed E-state index contributed by atoms with van der Waals surface area (Å²) in [6.45, 7) is 4.16. The first-order valence-corrected chi connectivity index (χ1v) is 37.3. The van der Waals surface area contributed by atoms with Gasteiger partial charge in [0.1, 0.15) is 19.8 Å². The number of ether oxygens (including phenoxy) is 2. The first-order valence-electron chi connectivity index (χ1n) is 35.8. The molecule has 83 heavy (non-hydrogen) atoms. The second-order valence-corrected chi connectivity index (χ2v) is 27.0. The van der Waals surface area contributed by atoms with Crippen LogP contribution in [0.3, 0.4) is 0 Å². The summed E-state index contributed by atoms with van der Waals surface area (Å²) in [5.41, 5.74) is 0. The van der Waals surface area contributed by atoms with Crippen LogP contribution in [0.2, 0.25) is 0 Å². The molecule has 0 aliphatic heterocycles. The minimum atomic E-state index is -4.64. The number of allylic oxidation sites excluding steroid dienone is 8. The lowest BCUT2D eigenvalue weighted by molar-refractivity contribution is -0.870. The van der Waals surface area contributed by atoms with Crippen molar-refractivity contribution in [3.63, 3.8) is 0 Å². The zero-order chi connectivity index (χ0) is 60.5. The highest BCUT2D eigenvalue weighted by atomic mass is 31.2. The molecule has 2 atom stereocenters. The summed E-state index contributed by atoms with van der Waals surface area (Å²) in [6.07, 6.45) is 83.8. The number of hydrogen-bond donors (Lipinski definition) is 0. The van der Waals surface area contributed by atoms with Crippen LogP contribution in [0.25, 0.3) is 0 Å². The topological polar surface area (TPSA) is 111 Å². The Morgan fingerprint density at radius 3 is 1.02 bits per heavy atom. The highest BCUT2D eigenvalue weighted by Gasteiger charge is 2.22. The molecule has 0 rings (SSSR count). The van der Waals surface area contributed by atoms with Crippen LogP contribution in [-0.4, -0.2) is 70.0 Å². The van der Waals surface area contributed by atoms with E-state index in [9.17, 15) is 19.0 Å². The molecule has 0 aromatic carbocycles. The summed E-state index contributed by atoms with van der Waals surface area (Å²) >= 11 is 0. The van der Waals surface area contributed by atoms with Crippen LogP contribution < -0.4 is 4.89 Å². The number of carbonyl (C=O) groups is 2. The van der Waals surface area contributed by atoms with Gasteiger partial charge in [-0.1, -0.05) is 339 Å². The highest BCUT2D eigenvalue weighted by molar-refractivity contribution is 7.45. The number of phosphoric ester groups is 1. The number of rotatable bonds is 67. The second kappa shape index (κ2) is 64.4. The number of quaternary nitrogens is 1. The molecule has 0 fully saturated rings. The normalized spacial score (nSPS) is 13.4. The lowest BCUT2D eigenvalue weighted by atomic mass is 10.0. The largest absolute Gasteiger partial charge is 0.756 e. The summed E-state index contributed by atoms with van der Waals surface area (Å²) in [5.74, 6) is -0.836. The van der Waals surface area contributed by atoms with Crippen molar-refractivity contribution in [3.8, 4) is 0 Å². The lowest BCUT2D eigenvalue weighted by Gasteiger charge is -2.28. The monoisotopic (exact) mass is 1190 g/mol. The average molecular weight is 1190 g/mol. The number of phosphoric acid groups is 1. The van der Waals surface area contributed by atoms with E-state index in [-0.39, 0.29) is 32.0 Å². The van der Waals surface area contributed by atoms with Crippen molar-refractivity contribution >= 4 is 19.8 Å². The molecule has 0 N–H and O–H groups in total. The number of hydrogen-bond acceptors (Lipinski definition) is 8. The first kappa shape index (κ1) is 81.0. The molecule has 0 saturated carbocycles. The molecule has 0 aliphatic carbocycles. The Labute approximate surface area is 515 Å². The molecule has 10 heteroatoms. The molecule has 9 nitrogen and oxygen atoms in total. The van der Waals surface area contributed by atoms with Gasteiger partial charge in [0.25, 0.3) is 7.82 Å². The molecule has 0 aromatic rings. The average Bonchev–Trinajstić information content (AvgIpc) is 3.49. The van der Waals surface area contributed by atoms with Gasteiger partial charge < -0.3 is 27.9 Å². The Hall–Kier alpha value is -2.03. The van der Waals surface area contributed by atoms with Crippen molar-refractivity contribution < 1.29 is 42.1 Å². The van der Waals surface area contributed by atoms with Gasteiger partial charge >= 0.3 is 11.9 Å². The van der Waals surface area contributed by atoms with Gasteiger partial charge in [0.15, 0.2) is 6.10 Å². The molecule has 0 bridgehead atoms. The van der Waals surface area contributed by atoms with Crippen molar-refractivity contribution in [2.75, 3.05) is 47.5 Å². The van der Waals surface area contributed by atoms with E-state index < -0.39 is 26.5 Å². The minimum absolute atomic E-state index is 0.0338. The van der Waals surface area contributed by atoms with Gasteiger partial charge in [-0.25, -0.2) is 0 Å². The van der Waals surface area contributed by atoms with E-state index in [1.807, 2.05) is 21.1 Å². The Bertz CT molecular complexity index is 1540. The van der Waals surface area contributed by atoms with E-state index in [0.717, 1.165) is 83.5 Å². The second-order valence-electron chi connectivity index (χ2n) is 25.6. The van der Waals surface area contributed by atoms with Crippen LogP contribution >= 0.6 is 7.82 Å². The van der Waals surface area contributed by atoms with Crippen LogP contribution in [0.1, 0.15) is 354 Å². The van der Waals surface area contributed by atoms with E-state index in [1.165, 1.54) is 238 Å². The summed E-state index contributed by atoms with van der Waals surface area (Å²) in [5, 5.41) is 0. The number of carbonyl (C=O) groups excluding carboxylic acids is 2. The maximum atomic E-state index is 12.8. The fraction of sp³-hybridized carbons (Fsp3) is 0.863. The highest BCUT2D eigenvalue weighted by Crippen LogP contribution is 2.38. The summed E-state index contributed by atoms with van der Waals surface area (Å²) < 4.78 is 34.2. The molecule has 0 aromatic heterocycles. The Balaban J connectivity index is 3.87. The molecule has 0 aliphatic rings. The van der Waals surface area contributed by atoms with Crippen LogP contribution in [0.4, 0.5) is 0 Å². The van der Waals surface area contributed by atoms with Crippen LogP contribution in [0.15, 0.2) is 48.6 Å². The third kappa shape index (κ3) is 68.9. The standard InChI is InChI=1S/C73H138NO8P/c1-6-8-10-12-14-16-18-20-22-24-26-27-28-29-30-31-32-33-34-35-36-37-38-39-40-41-42-43-44-45-46-48-49-51-53-55-57-59-61-63-65-72(75)79-69-71(70-81-83(77,78)80-68-67-74(3,4)5)82-73(76)66-64-62-60-58-56-54-52-50-47-25-23-21-19-17-15-13-11-9-7-2/h9,11,15,17,21,23,47,50,71H,6-8,10,12-14,16,18-20,22,24-46,48-49,51-70H2,1-5H3/b11-9-,17-15-,23-21-,50-47-. The van der Waals surface area contributed by atoms with Gasteiger partial charge in [-0.15, -0.1) is 0 Å². The fourth-order valence-corrected chi connectivity index (χ4v) is 11.4. The lowest BCUT2D eigenvalue weighted by Crippen LogP contribution is -2.37. The zero-order valence-corrected chi connectivity index (χ0v) is 56.6. The van der Waals surface area contributed by atoms with Gasteiger partial charge in [0.2, 0.25) is 0 Å². The van der Waals surface area contributed by atoms with Gasteiger partial charge in [-0.05, 0) is 51.4 Å². The Morgan fingerprint density at radius 1 is 0.386 bits per heavy atom. The van der Waals surface area contributed by atoms with Gasteiger partial charge in [-0.2, -0.15) is 0 Å². The maximum Gasteiger partial charge on any atom is 0.306 e. The number of nitrogens with zero attached hydrogens (tertiary/aromatic N) is 1. The van der Waals surface area contributed by atoms with E-state index in [1.54, 1.807) is 0 Å². The van der Waals surface area contributed by atoms with Crippen molar-refractivity contribution in [1.29, 1.82) is 0 Å². The molecule has 488 valence electrons. The van der Waals surface area contributed by atoms with Crippen molar-refractivity contribution in [2.24, 2.45) is 0 Å². The zero-order valence-electron chi connectivity index (χ0n) is 55.7. The summed E-state index contributed by atoms with van der Waals surface area (Å²) in [7, 11) is 1.16. The predicted molar refractivity (Wildman–Crippen MR) is 356 cm³/mol. The van der Waals surface area contributed by atoms with Crippen molar-refractivity contribution in [3.05, 3.63) is 48.6 Å². The first-order chi connectivity index (χ1) is 40.5. The van der Waals surface area contributed by atoms with E-state index >= 15 is 0 Å². The van der Waals surface area contributed by atoms with Gasteiger partial charge in [0, 0.05) is 12.8 Å². The summed E-state index contributed by atoms with van der Waals surface area (Å²) in [4.78, 5) is 38.0. The number of likely N-dealkylation sites (N-methyl/N-ethyl adjacent to an activating group) is 1. The van der Waals surface area contributed by atoms with Gasteiger partial charge in [-0.3, -0.25) is 14.2 Å². The molecule has 0 radical (unpaired) electrons. The Kier molecular flexibility index (Phi) is 62.9.